The number of benzene rings is 1. The standard InChI is InChI=1S/C14H19N3/c1-10(2)11(3)8-15-14-12-6-4-5-7-13(12)16-9-17-14/h4-7,9-11H,8H2,1-3H3,(H,15,16,17). The highest BCUT2D eigenvalue weighted by Crippen LogP contribution is 2.19. The molecule has 0 saturated heterocycles. The van der Waals surface area contributed by atoms with Gasteiger partial charge in [-0.3, -0.25) is 0 Å². The first-order valence-electron chi connectivity index (χ1n) is 6.12. The molecule has 17 heavy (non-hydrogen) atoms. The molecule has 0 spiro atoms. The van der Waals surface area contributed by atoms with Crippen LogP contribution in [0.25, 0.3) is 10.9 Å². The van der Waals surface area contributed by atoms with Gasteiger partial charge in [0.25, 0.3) is 0 Å². The molecule has 0 bridgehead atoms. The number of aromatic nitrogens is 2. The van der Waals surface area contributed by atoms with E-state index in [1.807, 2.05) is 18.2 Å². The summed E-state index contributed by atoms with van der Waals surface area (Å²) in [6.07, 6.45) is 1.62. The molecule has 1 N–H and O–H groups in total. The van der Waals surface area contributed by atoms with Crippen molar-refractivity contribution in [2.75, 3.05) is 11.9 Å². The summed E-state index contributed by atoms with van der Waals surface area (Å²) < 4.78 is 0. The second-order valence-electron chi connectivity index (χ2n) is 4.84. The van der Waals surface area contributed by atoms with Gasteiger partial charge in [-0.15, -0.1) is 0 Å². The zero-order valence-electron chi connectivity index (χ0n) is 10.6. The Morgan fingerprint density at radius 3 is 2.65 bits per heavy atom. The molecule has 2 rings (SSSR count). The maximum Gasteiger partial charge on any atom is 0.137 e. The van der Waals surface area contributed by atoms with Crippen molar-refractivity contribution >= 4 is 16.7 Å². The van der Waals surface area contributed by atoms with Gasteiger partial charge in [0.15, 0.2) is 0 Å². The zero-order chi connectivity index (χ0) is 12.3. The molecular weight excluding hydrogens is 210 g/mol. The van der Waals surface area contributed by atoms with E-state index in [-0.39, 0.29) is 0 Å². The first-order valence-corrected chi connectivity index (χ1v) is 6.12. The van der Waals surface area contributed by atoms with Crippen LogP contribution >= 0.6 is 0 Å². The van der Waals surface area contributed by atoms with Crippen molar-refractivity contribution in [1.82, 2.24) is 9.97 Å². The minimum atomic E-state index is 0.628. The van der Waals surface area contributed by atoms with Gasteiger partial charge in [-0.1, -0.05) is 32.9 Å². The van der Waals surface area contributed by atoms with E-state index < -0.39 is 0 Å². The predicted octanol–water partition coefficient (Wildman–Crippen LogP) is 3.33. The van der Waals surface area contributed by atoms with Gasteiger partial charge in [0.2, 0.25) is 0 Å². The molecule has 0 radical (unpaired) electrons. The van der Waals surface area contributed by atoms with E-state index in [2.05, 4.69) is 42.1 Å². The fourth-order valence-electron chi connectivity index (χ4n) is 1.64. The highest BCUT2D eigenvalue weighted by Gasteiger charge is 2.08. The number of fused-ring (bicyclic) bond motifs is 1. The largest absolute Gasteiger partial charge is 0.369 e. The molecular formula is C14H19N3. The lowest BCUT2D eigenvalue weighted by molar-refractivity contribution is 0.439. The van der Waals surface area contributed by atoms with Crippen molar-refractivity contribution in [3.63, 3.8) is 0 Å². The van der Waals surface area contributed by atoms with Crippen molar-refractivity contribution in [3.05, 3.63) is 30.6 Å². The molecule has 1 heterocycles. The van der Waals surface area contributed by atoms with Crippen LogP contribution in [-0.2, 0) is 0 Å². The normalized spacial score (nSPS) is 12.9. The Labute approximate surface area is 102 Å². The molecule has 1 atom stereocenters. The summed E-state index contributed by atoms with van der Waals surface area (Å²) in [6.45, 7) is 7.68. The minimum absolute atomic E-state index is 0.628. The van der Waals surface area contributed by atoms with Crippen LogP contribution in [0.5, 0.6) is 0 Å². The summed E-state index contributed by atoms with van der Waals surface area (Å²) in [7, 11) is 0. The summed E-state index contributed by atoms with van der Waals surface area (Å²) in [5.41, 5.74) is 0.988. The molecule has 1 aromatic heterocycles. The van der Waals surface area contributed by atoms with Gasteiger partial charge in [0, 0.05) is 11.9 Å². The van der Waals surface area contributed by atoms with Gasteiger partial charge in [-0.2, -0.15) is 0 Å². The third kappa shape index (κ3) is 2.73. The lowest BCUT2D eigenvalue weighted by atomic mass is 9.98. The summed E-state index contributed by atoms with van der Waals surface area (Å²) in [4.78, 5) is 8.57. The number of anilines is 1. The molecule has 1 unspecified atom stereocenters. The number of hydrogen-bond acceptors (Lipinski definition) is 3. The number of para-hydroxylation sites is 1. The van der Waals surface area contributed by atoms with E-state index in [9.17, 15) is 0 Å². The van der Waals surface area contributed by atoms with Gasteiger partial charge in [0.1, 0.15) is 12.1 Å². The van der Waals surface area contributed by atoms with E-state index in [1.165, 1.54) is 0 Å². The maximum atomic E-state index is 4.32. The quantitative estimate of drug-likeness (QED) is 0.873. The van der Waals surface area contributed by atoms with E-state index in [1.54, 1.807) is 6.33 Å². The zero-order valence-corrected chi connectivity index (χ0v) is 10.6. The summed E-state index contributed by atoms with van der Waals surface area (Å²) in [5, 5.41) is 4.51. The third-order valence-electron chi connectivity index (χ3n) is 3.27. The van der Waals surface area contributed by atoms with Crippen LogP contribution in [0.15, 0.2) is 30.6 Å². The topological polar surface area (TPSA) is 37.8 Å². The van der Waals surface area contributed by atoms with Crippen LogP contribution in [0.3, 0.4) is 0 Å². The Morgan fingerprint density at radius 1 is 1.12 bits per heavy atom. The first kappa shape index (κ1) is 11.8. The highest BCUT2D eigenvalue weighted by atomic mass is 15.0. The van der Waals surface area contributed by atoms with E-state index >= 15 is 0 Å². The Bertz CT molecular complexity index is 488. The lowest BCUT2D eigenvalue weighted by Gasteiger charge is -2.17. The minimum Gasteiger partial charge on any atom is -0.369 e. The molecule has 0 aliphatic rings. The number of nitrogens with zero attached hydrogens (tertiary/aromatic N) is 2. The van der Waals surface area contributed by atoms with Gasteiger partial charge in [0.05, 0.1) is 5.52 Å². The monoisotopic (exact) mass is 229 g/mol. The van der Waals surface area contributed by atoms with Crippen molar-refractivity contribution in [3.8, 4) is 0 Å². The molecule has 3 heteroatoms. The highest BCUT2D eigenvalue weighted by molar-refractivity contribution is 5.88. The van der Waals surface area contributed by atoms with E-state index in [4.69, 9.17) is 0 Å². The van der Waals surface area contributed by atoms with Crippen LogP contribution in [0.4, 0.5) is 5.82 Å². The van der Waals surface area contributed by atoms with Crippen LogP contribution in [0.1, 0.15) is 20.8 Å². The average molecular weight is 229 g/mol. The fraction of sp³-hybridized carbons (Fsp3) is 0.429. The van der Waals surface area contributed by atoms with Gasteiger partial charge in [-0.25, -0.2) is 9.97 Å². The molecule has 0 saturated carbocycles. The molecule has 0 aliphatic carbocycles. The smallest absolute Gasteiger partial charge is 0.137 e. The average Bonchev–Trinajstić information content (AvgIpc) is 2.35. The molecule has 0 fully saturated rings. The summed E-state index contributed by atoms with van der Waals surface area (Å²) in [5.74, 6) is 2.24. The summed E-state index contributed by atoms with van der Waals surface area (Å²) in [6, 6.07) is 8.07. The molecule has 3 nitrogen and oxygen atoms in total. The third-order valence-corrected chi connectivity index (χ3v) is 3.27. The number of hydrogen-bond donors (Lipinski definition) is 1. The fourth-order valence-corrected chi connectivity index (χ4v) is 1.64. The lowest BCUT2D eigenvalue weighted by Crippen LogP contribution is -2.17. The van der Waals surface area contributed by atoms with Crippen LogP contribution in [0.2, 0.25) is 0 Å². The molecule has 1 aromatic carbocycles. The summed E-state index contributed by atoms with van der Waals surface area (Å²) >= 11 is 0. The first-order chi connectivity index (χ1) is 8.18. The SMILES string of the molecule is CC(C)C(C)CNc1ncnc2ccccc12. The van der Waals surface area contributed by atoms with E-state index in [0.29, 0.717) is 11.8 Å². The van der Waals surface area contributed by atoms with Crippen molar-refractivity contribution < 1.29 is 0 Å². The van der Waals surface area contributed by atoms with Crippen molar-refractivity contribution in [2.45, 2.75) is 20.8 Å². The Hall–Kier alpha value is -1.64. The van der Waals surface area contributed by atoms with Crippen LogP contribution in [0, 0.1) is 11.8 Å². The number of nitrogens with one attached hydrogen (secondary N) is 1. The second kappa shape index (κ2) is 5.13. The van der Waals surface area contributed by atoms with Crippen LogP contribution in [-0.4, -0.2) is 16.5 Å². The van der Waals surface area contributed by atoms with Crippen molar-refractivity contribution in [1.29, 1.82) is 0 Å². The molecule has 0 amide bonds. The van der Waals surface area contributed by atoms with Crippen LogP contribution < -0.4 is 5.32 Å². The second-order valence-corrected chi connectivity index (χ2v) is 4.84. The molecule has 2 aromatic rings. The molecule has 0 aliphatic heterocycles. The Balaban J connectivity index is 2.19. The van der Waals surface area contributed by atoms with Gasteiger partial charge >= 0.3 is 0 Å². The predicted molar refractivity (Wildman–Crippen MR) is 72.0 cm³/mol. The van der Waals surface area contributed by atoms with Crippen molar-refractivity contribution in [2.24, 2.45) is 11.8 Å². The van der Waals surface area contributed by atoms with Gasteiger partial charge < -0.3 is 5.32 Å². The molecule has 90 valence electrons. The Kier molecular flexibility index (Phi) is 3.57. The Morgan fingerprint density at radius 2 is 1.88 bits per heavy atom. The van der Waals surface area contributed by atoms with Gasteiger partial charge in [-0.05, 0) is 24.0 Å². The maximum absolute atomic E-state index is 4.32. The number of rotatable bonds is 4. The van der Waals surface area contributed by atoms with E-state index in [0.717, 1.165) is 23.3 Å².